The van der Waals surface area contributed by atoms with E-state index in [4.69, 9.17) is 0 Å². The van der Waals surface area contributed by atoms with Gasteiger partial charge in [-0.3, -0.25) is 4.90 Å². The van der Waals surface area contributed by atoms with E-state index >= 15 is 0 Å². The van der Waals surface area contributed by atoms with Crippen molar-refractivity contribution in [3.8, 4) is 11.5 Å². The topological polar surface area (TPSA) is 46.9 Å². The van der Waals surface area contributed by atoms with E-state index in [0.29, 0.717) is 6.04 Å². The van der Waals surface area contributed by atoms with Crippen molar-refractivity contribution in [1.29, 1.82) is 0 Å². The van der Waals surface area contributed by atoms with Crippen molar-refractivity contribution in [3.63, 3.8) is 0 Å². The summed E-state index contributed by atoms with van der Waals surface area (Å²) in [5, 5.41) is 19.7. The minimum Gasteiger partial charge on any atom is -0.504 e. The van der Waals surface area contributed by atoms with Gasteiger partial charge in [0.25, 0.3) is 0 Å². The van der Waals surface area contributed by atoms with Crippen LogP contribution in [0.5, 0.6) is 11.5 Å². The lowest BCUT2D eigenvalue weighted by atomic mass is 9.90. The predicted molar refractivity (Wildman–Crippen MR) is 113 cm³/mol. The Hall–Kier alpha value is -0.780. The SMILES string of the molecule is Br.CCCCCCCCCN1CCN2CCc3cc(O)c(O)cc3C2C1. The zero-order chi connectivity index (χ0) is 17.6. The second kappa shape index (κ2) is 10.5. The van der Waals surface area contributed by atoms with E-state index in [1.807, 2.05) is 0 Å². The maximum absolute atomic E-state index is 9.91. The van der Waals surface area contributed by atoms with Crippen LogP contribution in [0.2, 0.25) is 0 Å². The molecule has 0 aromatic heterocycles. The van der Waals surface area contributed by atoms with Crippen molar-refractivity contribution in [2.24, 2.45) is 0 Å². The zero-order valence-electron chi connectivity index (χ0n) is 16.1. The fourth-order valence-electron chi connectivity index (χ4n) is 4.36. The lowest BCUT2D eigenvalue weighted by Gasteiger charge is -2.45. The minimum atomic E-state index is 0. The smallest absolute Gasteiger partial charge is 0.157 e. The second-order valence-electron chi connectivity index (χ2n) is 7.76. The molecule has 4 nitrogen and oxygen atoms in total. The fourth-order valence-corrected chi connectivity index (χ4v) is 4.36. The summed E-state index contributed by atoms with van der Waals surface area (Å²) in [4.78, 5) is 5.13. The predicted octanol–water partition coefficient (Wildman–Crippen LogP) is 4.64. The van der Waals surface area contributed by atoms with Crippen LogP contribution in [-0.4, -0.2) is 52.7 Å². The zero-order valence-corrected chi connectivity index (χ0v) is 17.8. The molecular weight excluding hydrogens is 392 g/mol. The maximum Gasteiger partial charge on any atom is 0.157 e. The highest BCUT2D eigenvalue weighted by atomic mass is 79.9. The van der Waals surface area contributed by atoms with Crippen LogP contribution in [0.4, 0.5) is 0 Å². The molecule has 148 valence electrons. The number of hydrogen-bond donors (Lipinski definition) is 2. The van der Waals surface area contributed by atoms with E-state index < -0.39 is 0 Å². The summed E-state index contributed by atoms with van der Waals surface area (Å²) < 4.78 is 0. The summed E-state index contributed by atoms with van der Waals surface area (Å²) in [5.41, 5.74) is 2.42. The van der Waals surface area contributed by atoms with Gasteiger partial charge in [0.05, 0.1) is 0 Å². The number of halogens is 1. The first-order valence-corrected chi connectivity index (χ1v) is 10.2. The van der Waals surface area contributed by atoms with Gasteiger partial charge in [-0.2, -0.15) is 0 Å². The number of benzene rings is 1. The molecule has 3 rings (SSSR count). The molecule has 1 saturated heterocycles. The van der Waals surface area contributed by atoms with Gasteiger partial charge in [-0.25, -0.2) is 0 Å². The molecule has 2 heterocycles. The molecule has 0 amide bonds. The molecule has 0 saturated carbocycles. The highest BCUT2D eigenvalue weighted by molar-refractivity contribution is 8.93. The molecule has 26 heavy (non-hydrogen) atoms. The number of fused-ring (bicyclic) bond motifs is 3. The highest BCUT2D eigenvalue weighted by Crippen LogP contribution is 2.38. The minimum absolute atomic E-state index is 0. The van der Waals surface area contributed by atoms with E-state index in [0.717, 1.165) is 32.6 Å². The van der Waals surface area contributed by atoms with Gasteiger partial charge in [0.1, 0.15) is 0 Å². The summed E-state index contributed by atoms with van der Waals surface area (Å²) in [7, 11) is 0. The molecule has 1 atom stereocenters. The molecule has 0 spiro atoms. The van der Waals surface area contributed by atoms with Crippen LogP contribution in [0.15, 0.2) is 12.1 Å². The Morgan fingerprint density at radius 1 is 0.923 bits per heavy atom. The van der Waals surface area contributed by atoms with Gasteiger partial charge < -0.3 is 15.1 Å². The monoisotopic (exact) mass is 426 g/mol. The second-order valence-corrected chi connectivity index (χ2v) is 7.76. The number of phenols is 2. The molecule has 2 N–H and O–H groups in total. The molecular formula is C21H35BrN2O2. The number of aromatic hydroxyl groups is 2. The summed E-state index contributed by atoms with van der Waals surface area (Å²) in [6.07, 6.45) is 10.5. The van der Waals surface area contributed by atoms with Crippen LogP contribution in [0, 0.1) is 0 Å². The van der Waals surface area contributed by atoms with Gasteiger partial charge in [0.15, 0.2) is 11.5 Å². The Morgan fingerprint density at radius 2 is 1.62 bits per heavy atom. The lowest BCUT2D eigenvalue weighted by Crippen LogP contribution is -2.50. The van der Waals surface area contributed by atoms with Crippen molar-refractivity contribution in [2.45, 2.75) is 64.3 Å². The normalized spacial score (nSPS) is 20.3. The van der Waals surface area contributed by atoms with Gasteiger partial charge in [-0.15, -0.1) is 17.0 Å². The molecule has 0 bridgehead atoms. The number of hydrogen-bond acceptors (Lipinski definition) is 4. The summed E-state index contributed by atoms with van der Waals surface area (Å²) in [6, 6.07) is 3.92. The Morgan fingerprint density at radius 3 is 2.38 bits per heavy atom. The van der Waals surface area contributed by atoms with Crippen molar-refractivity contribution in [1.82, 2.24) is 9.80 Å². The molecule has 1 aromatic rings. The lowest BCUT2D eigenvalue weighted by molar-refractivity contribution is 0.0660. The van der Waals surface area contributed by atoms with Crippen LogP contribution in [0.1, 0.15) is 69.0 Å². The van der Waals surface area contributed by atoms with Crippen LogP contribution in [-0.2, 0) is 6.42 Å². The highest BCUT2D eigenvalue weighted by Gasteiger charge is 2.33. The summed E-state index contributed by atoms with van der Waals surface area (Å²) >= 11 is 0. The van der Waals surface area contributed by atoms with Crippen LogP contribution in [0.3, 0.4) is 0 Å². The maximum atomic E-state index is 9.91. The molecule has 5 heteroatoms. The largest absolute Gasteiger partial charge is 0.504 e. The van der Waals surface area contributed by atoms with E-state index in [-0.39, 0.29) is 28.5 Å². The van der Waals surface area contributed by atoms with Gasteiger partial charge in [-0.1, -0.05) is 45.4 Å². The van der Waals surface area contributed by atoms with Crippen molar-refractivity contribution < 1.29 is 10.2 Å². The molecule has 0 aliphatic carbocycles. The average Bonchev–Trinajstić information content (AvgIpc) is 2.62. The van der Waals surface area contributed by atoms with E-state index in [9.17, 15) is 10.2 Å². The number of nitrogens with zero attached hydrogens (tertiary/aromatic N) is 2. The first-order valence-electron chi connectivity index (χ1n) is 10.2. The number of phenolic OH excluding ortho intramolecular Hbond substituents is 2. The Labute approximate surface area is 169 Å². The van der Waals surface area contributed by atoms with Gasteiger partial charge >= 0.3 is 0 Å². The number of piperazine rings is 1. The van der Waals surface area contributed by atoms with Gasteiger partial charge in [-0.05, 0) is 42.6 Å². The molecule has 1 unspecified atom stereocenters. The molecule has 2 aliphatic heterocycles. The summed E-state index contributed by atoms with van der Waals surface area (Å²) in [6.45, 7) is 7.84. The molecule has 1 aromatic carbocycles. The Bertz CT molecular complexity index is 567. The third kappa shape index (κ3) is 5.37. The van der Waals surface area contributed by atoms with Crippen molar-refractivity contribution in [2.75, 3.05) is 32.7 Å². The third-order valence-corrected chi connectivity index (χ3v) is 5.92. The first-order chi connectivity index (χ1) is 12.2. The number of rotatable bonds is 8. The Kier molecular flexibility index (Phi) is 8.71. The fraction of sp³-hybridized carbons (Fsp3) is 0.714. The molecule has 1 fully saturated rings. The van der Waals surface area contributed by atoms with E-state index in [1.165, 1.54) is 62.6 Å². The average molecular weight is 427 g/mol. The number of unbranched alkanes of at least 4 members (excludes halogenated alkanes) is 6. The standard InChI is InChI=1S/C21H34N2O2.BrH/c1-2-3-4-5-6-7-8-10-22-12-13-23-11-9-17-14-20(24)21(25)15-18(17)19(23)16-22;/h14-15,19,24-25H,2-13,16H2,1H3;1H. The van der Waals surface area contributed by atoms with Crippen molar-refractivity contribution in [3.05, 3.63) is 23.3 Å². The van der Waals surface area contributed by atoms with Crippen LogP contribution in [0.25, 0.3) is 0 Å². The quantitative estimate of drug-likeness (QED) is 0.469. The van der Waals surface area contributed by atoms with Crippen LogP contribution < -0.4 is 0 Å². The third-order valence-electron chi connectivity index (χ3n) is 5.92. The summed E-state index contributed by atoms with van der Waals surface area (Å²) in [5.74, 6) is 0.0349. The first kappa shape index (κ1) is 21.5. The molecule has 0 radical (unpaired) electrons. The van der Waals surface area contributed by atoms with Gasteiger partial charge in [0.2, 0.25) is 0 Å². The van der Waals surface area contributed by atoms with E-state index in [2.05, 4.69) is 16.7 Å². The van der Waals surface area contributed by atoms with Gasteiger partial charge in [0, 0.05) is 32.2 Å². The van der Waals surface area contributed by atoms with Crippen LogP contribution >= 0.6 is 17.0 Å². The Balaban J connectivity index is 0.00000243. The molecule has 2 aliphatic rings. The van der Waals surface area contributed by atoms with E-state index in [1.54, 1.807) is 12.1 Å². The van der Waals surface area contributed by atoms with Crippen molar-refractivity contribution >= 4 is 17.0 Å².